The van der Waals surface area contributed by atoms with Gasteiger partial charge in [-0.15, -0.1) is 0 Å². The zero-order valence-corrected chi connectivity index (χ0v) is 22.9. The van der Waals surface area contributed by atoms with Gasteiger partial charge in [0.05, 0.1) is 67.9 Å². The highest BCUT2D eigenvalue weighted by atomic mass is 35.5. The minimum atomic E-state index is -0.245. The highest BCUT2D eigenvalue weighted by Crippen LogP contribution is 2.46. The summed E-state index contributed by atoms with van der Waals surface area (Å²) in [6.07, 6.45) is 3.59. The zero-order chi connectivity index (χ0) is 27.5. The van der Waals surface area contributed by atoms with E-state index in [1.165, 1.54) is 20.3 Å². The third-order valence-electron chi connectivity index (χ3n) is 6.56. The van der Waals surface area contributed by atoms with Crippen LogP contribution in [0.5, 0.6) is 11.5 Å². The molecule has 2 aliphatic heterocycles. The molecule has 2 aliphatic rings. The molecular weight excluding hydrogens is 547 g/mol. The van der Waals surface area contributed by atoms with Crippen LogP contribution in [-0.4, -0.2) is 79.6 Å². The summed E-state index contributed by atoms with van der Waals surface area (Å²) in [5, 5.41) is 11.0. The minimum absolute atomic E-state index is 0.0679. The van der Waals surface area contributed by atoms with E-state index in [4.69, 9.17) is 52.1 Å². The van der Waals surface area contributed by atoms with Gasteiger partial charge in [0, 0.05) is 29.8 Å². The molecule has 0 unspecified atom stereocenters. The van der Waals surface area contributed by atoms with Gasteiger partial charge in [-0.2, -0.15) is 0 Å². The van der Waals surface area contributed by atoms with Crippen LogP contribution in [0.4, 0.5) is 11.8 Å². The maximum absolute atomic E-state index is 11.9. The van der Waals surface area contributed by atoms with Gasteiger partial charge in [-0.1, -0.05) is 29.8 Å². The number of ether oxygens (including phenoxy) is 4. The quantitative estimate of drug-likeness (QED) is 0.325. The Kier molecular flexibility index (Phi) is 8.22. The summed E-state index contributed by atoms with van der Waals surface area (Å²) in [5.41, 5.74) is 1.55. The number of pyridine rings is 1. The highest BCUT2D eigenvalue weighted by molar-refractivity contribution is 6.41. The molecule has 1 amide bonds. The summed E-state index contributed by atoms with van der Waals surface area (Å²) in [6.45, 7) is 5.55. The number of nitrogens with one attached hydrogen (secondary N) is 3. The number of amides is 1. The van der Waals surface area contributed by atoms with E-state index in [9.17, 15) is 4.79 Å². The van der Waals surface area contributed by atoms with Gasteiger partial charge in [0.15, 0.2) is 5.82 Å². The molecule has 0 saturated carbocycles. The third-order valence-corrected chi connectivity index (χ3v) is 7.31. The normalized spacial score (nSPS) is 19.2. The van der Waals surface area contributed by atoms with Gasteiger partial charge in [-0.25, -0.2) is 15.0 Å². The molecule has 0 aliphatic carbocycles. The number of carbonyl (C=O) groups excluding carboxylic acids is 1. The molecule has 0 radical (unpaired) electrons. The number of halogens is 2. The van der Waals surface area contributed by atoms with Crippen LogP contribution in [0.1, 0.15) is 6.42 Å². The van der Waals surface area contributed by atoms with Crippen molar-refractivity contribution in [1.82, 2.24) is 20.3 Å². The molecule has 4 heterocycles. The largest absolute Gasteiger partial charge is 0.495 e. The zero-order valence-electron chi connectivity index (χ0n) is 21.4. The molecule has 39 heavy (non-hydrogen) atoms. The number of anilines is 2. The topological polar surface area (TPSA) is 129 Å². The van der Waals surface area contributed by atoms with Crippen LogP contribution in [0.2, 0.25) is 10.0 Å². The molecule has 2 aromatic heterocycles. The van der Waals surface area contributed by atoms with Crippen molar-refractivity contribution >= 4 is 51.8 Å². The van der Waals surface area contributed by atoms with E-state index in [2.05, 4.69) is 27.5 Å². The maximum atomic E-state index is 11.9. The molecule has 2 atom stereocenters. The van der Waals surface area contributed by atoms with Crippen molar-refractivity contribution in [2.45, 2.75) is 24.5 Å². The highest BCUT2D eigenvalue weighted by Gasteiger charge is 2.28. The van der Waals surface area contributed by atoms with E-state index >= 15 is 0 Å². The van der Waals surface area contributed by atoms with Crippen LogP contribution >= 0.6 is 23.2 Å². The standard InChI is InChI=1S/C26H28Cl2N6O5/c1-4-20(35)31-15-5-6-38-12-17(15)33-26-29-9-13-7-16(32-25(24(13)34-26)30-14-10-39-11-14)21-22(27)18(36-2)8-19(37-3)23(21)28/h4,7-9,14-15,17H,1,5-6,10-12H2,2-3H3,(H,30,32)(H,31,35)(H,29,33,34)/t15-,17+/m0/s1. The number of aromatic nitrogens is 3. The molecule has 206 valence electrons. The van der Waals surface area contributed by atoms with Crippen molar-refractivity contribution in [2.24, 2.45) is 0 Å². The lowest BCUT2D eigenvalue weighted by atomic mass is 10.0. The van der Waals surface area contributed by atoms with Gasteiger partial charge >= 0.3 is 0 Å². The Bertz CT molecular complexity index is 1370. The fourth-order valence-electron chi connectivity index (χ4n) is 4.42. The first-order chi connectivity index (χ1) is 18.9. The Balaban J connectivity index is 1.55. The molecule has 13 heteroatoms. The Morgan fingerprint density at radius 2 is 1.79 bits per heavy atom. The molecule has 3 aromatic rings. The second-order valence-electron chi connectivity index (χ2n) is 9.08. The molecule has 2 saturated heterocycles. The molecular formula is C26H28Cl2N6O5. The number of fused-ring (bicyclic) bond motifs is 1. The summed E-state index contributed by atoms with van der Waals surface area (Å²) in [5.74, 6) is 1.45. The maximum Gasteiger partial charge on any atom is 0.243 e. The second kappa shape index (κ2) is 11.8. The average Bonchev–Trinajstić information content (AvgIpc) is 2.92. The van der Waals surface area contributed by atoms with Gasteiger partial charge < -0.3 is 34.9 Å². The van der Waals surface area contributed by atoms with Crippen molar-refractivity contribution in [2.75, 3.05) is 51.3 Å². The summed E-state index contributed by atoms with van der Waals surface area (Å²) in [7, 11) is 3.03. The monoisotopic (exact) mass is 574 g/mol. The molecule has 3 N–H and O–H groups in total. The van der Waals surface area contributed by atoms with E-state index in [-0.39, 0.29) is 24.0 Å². The third kappa shape index (κ3) is 5.67. The van der Waals surface area contributed by atoms with Crippen molar-refractivity contribution in [3.05, 3.63) is 41.0 Å². The van der Waals surface area contributed by atoms with E-state index in [1.807, 2.05) is 6.07 Å². The summed E-state index contributed by atoms with van der Waals surface area (Å²) >= 11 is 13.4. The van der Waals surface area contributed by atoms with Gasteiger partial charge in [0.25, 0.3) is 0 Å². The van der Waals surface area contributed by atoms with E-state index in [1.54, 1.807) is 12.3 Å². The molecule has 1 aromatic carbocycles. The number of benzene rings is 1. The lowest BCUT2D eigenvalue weighted by Gasteiger charge is -2.32. The van der Waals surface area contributed by atoms with Crippen LogP contribution in [0.25, 0.3) is 22.2 Å². The smallest absolute Gasteiger partial charge is 0.243 e. The van der Waals surface area contributed by atoms with Crippen molar-refractivity contribution < 1.29 is 23.7 Å². The Labute approximate surface area is 235 Å². The predicted molar refractivity (Wildman–Crippen MR) is 149 cm³/mol. The van der Waals surface area contributed by atoms with Crippen molar-refractivity contribution in [3.8, 4) is 22.8 Å². The minimum Gasteiger partial charge on any atom is -0.495 e. The summed E-state index contributed by atoms with van der Waals surface area (Å²) in [6, 6.07) is 3.11. The second-order valence-corrected chi connectivity index (χ2v) is 9.84. The lowest BCUT2D eigenvalue weighted by Crippen LogP contribution is -2.52. The van der Waals surface area contributed by atoms with Crippen LogP contribution in [0.3, 0.4) is 0 Å². The molecule has 5 rings (SSSR count). The Hall–Kier alpha value is -3.38. The number of rotatable bonds is 9. The Morgan fingerprint density at radius 1 is 1.05 bits per heavy atom. The van der Waals surface area contributed by atoms with Gasteiger partial charge in [-0.3, -0.25) is 4.79 Å². The van der Waals surface area contributed by atoms with Gasteiger partial charge in [0.2, 0.25) is 11.9 Å². The number of methoxy groups -OCH3 is 2. The Morgan fingerprint density at radius 3 is 2.44 bits per heavy atom. The summed E-state index contributed by atoms with van der Waals surface area (Å²) in [4.78, 5) is 26.1. The molecule has 0 bridgehead atoms. The predicted octanol–water partition coefficient (Wildman–Crippen LogP) is 3.70. The first-order valence-corrected chi connectivity index (χ1v) is 13.1. The van der Waals surface area contributed by atoms with Crippen molar-refractivity contribution in [1.29, 1.82) is 0 Å². The fraction of sp³-hybridized carbons (Fsp3) is 0.385. The SMILES string of the molecule is C=CC(=O)N[C@H]1CCOC[C@H]1Nc1ncc2cc(-c3c(Cl)c(OC)cc(OC)c3Cl)nc(NC3COC3)c2n1. The molecule has 0 spiro atoms. The van der Waals surface area contributed by atoms with Crippen molar-refractivity contribution in [3.63, 3.8) is 0 Å². The van der Waals surface area contributed by atoms with E-state index < -0.39 is 0 Å². The van der Waals surface area contributed by atoms with E-state index in [0.717, 1.165) is 0 Å². The number of hydrogen-bond donors (Lipinski definition) is 3. The van der Waals surface area contributed by atoms with Gasteiger partial charge in [-0.05, 0) is 18.6 Å². The van der Waals surface area contributed by atoms with Crippen LogP contribution in [0, 0.1) is 0 Å². The fourth-order valence-corrected chi connectivity index (χ4v) is 5.12. The lowest BCUT2D eigenvalue weighted by molar-refractivity contribution is -0.117. The summed E-state index contributed by atoms with van der Waals surface area (Å²) < 4.78 is 21.8. The van der Waals surface area contributed by atoms with Crippen LogP contribution < -0.4 is 25.4 Å². The number of nitrogens with zero attached hydrogens (tertiary/aromatic N) is 3. The van der Waals surface area contributed by atoms with Crippen LogP contribution in [-0.2, 0) is 14.3 Å². The van der Waals surface area contributed by atoms with Gasteiger partial charge in [0.1, 0.15) is 17.0 Å². The van der Waals surface area contributed by atoms with E-state index in [0.29, 0.717) is 88.3 Å². The average molecular weight is 575 g/mol. The number of carbonyl (C=O) groups is 1. The number of hydrogen-bond acceptors (Lipinski definition) is 10. The van der Waals surface area contributed by atoms with Crippen LogP contribution in [0.15, 0.2) is 31.0 Å². The first kappa shape index (κ1) is 27.2. The first-order valence-electron chi connectivity index (χ1n) is 12.3. The molecule has 11 nitrogen and oxygen atoms in total. The molecule has 2 fully saturated rings.